The molecule has 0 aliphatic carbocycles. The number of rotatable bonds is 7. The number of benzene rings is 3. The van der Waals surface area contributed by atoms with Crippen molar-refractivity contribution in [3.05, 3.63) is 108 Å². The van der Waals surface area contributed by atoms with Crippen LogP contribution in [-0.4, -0.2) is 5.71 Å². The van der Waals surface area contributed by atoms with Crippen molar-refractivity contribution >= 4 is 5.71 Å². The van der Waals surface area contributed by atoms with Gasteiger partial charge in [0.1, 0.15) is 0 Å². The van der Waals surface area contributed by atoms with Crippen molar-refractivity contribution in [2.45, 2.75) is 32.2 Å². The topological polar surface area (TPSA) is 12.4 Å². The van der Waals surface area contributed by atoms with Crippen LogP contribution < -0.4 is 0 Å². The minimum atomic E-state index is 0.191. The highest BCUT2D eigenvalue weighted by molar-refractivity contribution is 6.13. The zero-order valence-corrected chi connectivity index (χ0v) is 14.8. The molecule has 1 unspecified atom stereocenters. The van der Waals surface area contributed by atoms with E-state index in [0.29, 0.717) is 0 Å². The van der Waals surface area contributed by atoms with Gasteiger partial charge in [0.05, 0.1) is 11.8 Å². The molecule has 0 aliphatic heterocycles. The summed E-state index contributed by atoms with van der Waals surface area (Å²) in [6.45, 7) is 2.24. The molecular formula is C24H25N. The van der Waals surface area contributed by atoms with E-state index in [1.54, 1.807) is 0 Å². The molecule has 0 amide bonds. The van der Waals surface area contributed by atoms with Crippen molar-refractivity contribution < 1.29 is 0 Å². The Kier molecular flexibility index (Phi) is 6.17. The molecule has 3 aromatic rings. The van der Waals surface area contributed by atoms with Gasteiger partial charge in [-0.2, -0.15) is 0 Å². The summed E-state index contributed by atoms with van der Waals surface area (Å²) in [5.41, 5.74) is 4.71. The van der Waals surface area contributed by atoms with Gasteiger partial charge < -0.3 is 0 Å². The van der Waals surface area contributed by atoms with E-state index in [1.807, 2.05) is 0 Å². The lowest BCUT2D eigenvalue weighted by Gasteiger charge is -2.16. The van der Waals surface area contributed by atoms with Gasteiger partial charge in [0.15, 0.2) is 0 Å². The van der Waals surface area contributed by atoms with Gasteiger partial charge >= 0.3 is 0 Å². The number of aliphatic imine (C=N–C) groups is 1. The molecule has 0 aromatic heterocycles. The molecule has 126 valence electrons. The summed E-state index contributed by atoms with van der Waals surface area (Å²) in [6, 6.07) is 31.9. The Labute approximate surface area is 151 Å². The minimum Gasteiger partial charge on any atom is -0.276 e. The van der Waals surface area contributed by atoms with E-state index in [4.69, 9.17) is 4.99 Å². The van der Waals surface area contributed by atoms with Crippen LogP contribution in [0.4, 0.5) is 0 Å². The molecular weight excluding hydrogens is 302 g/mol. The molecule has 1 nitrogen and oxygen atoms in total. The van der Waals surface area contributed by atoms with Gasteiger partial charge in [-0.25, -0.2) is 0 Å². The largest absolute Gasteiger partial charge is 0.276 e. The van der Waals surface area contributed by atoms with Crippen molar-refractivity contribution in [1.82, 2.24) is 0 Å². The number of hydrogen-bond donors (Lipinski definition) is 0. The first-order valence-corrected chi connectivity index (χ1v) is 9.12. The van der Waals surface area contributed by atoms with Crippen molar-refractivity contribution in [3.8, 4) is 0 Å². The fourth-order valence-electron chi connectivity index (χ4n) is 3.04. The summed E-state index contributed by atoms with van der Waals surface area (Å²) in [5.74, 6) is 0. The van der Waals surface area contributed by atoms with Gasteiger partial charge in [0, 0.05) is 11.1 Å². The molecule has 25 heavy (non-hydrogen) atoms. The van der Waals surface area contributed by atoms with Gasteiger partial charge in [0.25, 0.3) is 0 Å². The van der Waals surface area contributed by atoms with E-state index in [-0.39, 0.29) is 6.04 Å². The second-order valence-electron chi connectivity index (χ2n) is 6.28. The molecule has 1 heteroatoms. The Morgan fingerprint density at radius 2 is 1.20 bits per heavy atom. The Morgan fingerprint density at radius 3 is 1.68 bits per heavy atom. The maximum Gasteiger partial charge on any atom is 0.0756 e. The van der Waals surface area contributed by atoms with Gasteiger partial charge in [0.2, 0.25) is 0 Å². The van der Waals surface area contributed by atoms with Crippen LogP contribution in [0.15, 0.2) is 96.0 Å². The van der Waals surface area contributed by atoms with Crippen LogP contribution in [0.25, 0.3) is 0 Å². The standard InChI is InChI=1S/C24H25N/c1-2-3-19-23(20-13-7-4-8-14-20)25-24(21-15-9-5-10-16-21)22-17-11-6-12-18-22/h4-18,23H,2-3,19H2,1H3. The minimum absolute atomic E-state index is 0.191. The molecule has 1 atom stereocenters. The first kappa shape index (κ1) is 17.2. The van der Waals surface area contributed by atoms with Gasteiger partial charge in [-0.1, -0.05) is 111 Å². The average Bonchev–Trinajstić information content (AvgIpc) is 2.70. The van der Waals surface area contributed by atoms with Crippen LogP contribution in [0.1, 0.15) is 48.9 Å². The molecule has 0 aliphatic rings. The van der Waals surface area contributed by atoms with E-state index < -0.39 is 0 Å². The van der Waals surface area contributed by atoms with Crippen LogP contribution in [0.3, 0.4) is 0 Å². The Morgan fingerprint density at radius 1 is 0.720 bits per heavy atom. The van der Waals surface area contributed by atoms with E-state index in [2.05, 4.69) is 97.9 Å². The Hall–Kier alpha value is -2.67. The molecule has 0 spiro atoms. The van der Waals surface area contributed by atoms with Crippen molar-refractivity contribution in [2.24, 2.45) is 4.99 Å². The molecule has 0 heterocycles. The molecule has 0 saturated heterocycles. The monoisotopic (exact) mass is 327 g/mol. The second-order valence-corrected chi connectivity index (χ2v) is 6.28. The van der Waals surface area contributed by atoms with Crippen molar-refractivity contribution in [3.63, 3.8) is 0 Å². The average molecular weight is 327 g/mol. The third-order valence-electron chi connectivity index (χ3n) is 4.39. The lowest BCUT2D eigenvalue weighted by Crippen LogP contribution is -2.07. The highest BCUT2D eigenvalue weighted by atomic mass is 14.8. The first-order chi connectivity index (χ1) is 12.4. The fourth-order valence-corrected chi connectivity index (χ4v) is 3.04. The zero-order chi connectivity index (χ0) is 17.3. The van der Waals surface area contributed by atoms with Crippen LogP contribution >= 0.6 is 0 Å². The number of unbranched alkanes of at least 4 members (excludes halogenated alkanes) is 1. The van der Waals surface area contributed by atoms with E-state index in [9.17, 15) is 0 Å². The normalized spacial score (nSPS) is 11.7. The van der Waals surface area contributed by atoms with Gasteiger partial charge in [-0.05, 0) is 12.0 Å². The third-order valence-corrected chi connectivity index (χ3v) is 4.39. The number of hydrogen-bond acceptors (Lipinski definition) is 1. The quantitative estimate of drug-likeness (QED) is 0.442. The molecule has 0 fully saturated rings. The van der Waals surface area contributed by atoms with E-state index in [1.165, 1.54) is 29.5 Å². The summed E-state index contributed by atoms with van der Waals surface area (Å²) >= 11 is 0. The molecule has 0 N–H and O–H groups in total. The lowest BCUT2D eigenvalue weighted by atomic mass is 9.98. The van der Waals surface area contributed by atoms with Crippen LogP contribution in [0.2, 0.25) is 0 Å². The SMILES string of the molecule is CCCCC(N=C(c1ccccc1)c1ccccc1)c1ccccc1. The predicted octanol–water partition coefficient (Wildman–Crippen LogP) is 6.46. The summed E-state index contributed by atoms with van der Waals surface area (Å²) < 4.78 is 0. The van der Waals surface area contributed by atoms with Crippen molar-refractivity contribution in [1.29, 1.82) is 0 Å². The van der Waals surface area contributed by atoms with Crippen LogP contribution in [0.5, 0.6) is 0 Å². The predicted molar refractivity (Wildman–Crippen MR) is 107 cm³/mol. The smallest absolute Gasteiger partial charge is 0.0756 e. The van der Waals surface area contributed by atoms with Crippen LogP contribution in [0, 0.1) is 0 Å². The summed E-state index contributed by atoms with van der Waals surface area (Å²) in [5, 5.41) is 0. The molecule has 0 saturated carbocycles. The Bertz CT molecular complexity index is 735. The molecule has 0 bridgehead atoms. The second kappa shape index (κ2) is 8.98. The van der Waals surface area contributed by atoms with Gasteiger partial charge in [-0.3, -0.25) is 4.99 Å². The number of nitrogens with zero attached hydrogens (tertiary/aromatic N) is 1. The van der Waals surface area contributed by atoms with Crippen LogP contribution in [-0.2, 0) is 0 Å². The summed E-state index contributed by atoms with van der Waals surface area (Å²) in [6.07, 6.45) is 3.44. The van der Waals surface area contributed by atoms with Crippen molar-refractivity contribution in [2.75, 3.05) is 0 Å². The molecule has 3 rings (SSSR count). The molecule has 0 radical (unpaired) electrons. The maximum absolute atomic E-state index is 5.24. The third kappa shape index (κ3) is 4.67. The van der Waals surface area contributed by atoms with E-state index >= 15 is 0 Å². The first-order valence-electron chi connectivity index (χ1n) is 9.12. The fraction of sp³-hybridized carbons (Fsp3) is 0.208. The summed E-state index contributed by atoms with van der Waals surface area (Å²) in [7, 11) is 0. The lowest BCUT2D eigenvalue weighted by molar-refractivity contribution is 0.606. The van der Waals surface area contributed by atoms with E-state index in [0.717, 1.165) is 12.1 Å². The Balaban J connectivity index is 2.05. The highest BCUT2D eigenvalue weighted by Gasteiger charge is 2.13. The maximum atomic E-state index is 5.24. The zero-order valence-electron chi connectivity index (χ0n) is 14.8. The molecule has 3 aromatic carbocycles. The summed E-state index contributed by atoms with van der Waals surface area (Å²) in [4.78, 5) is 5.24. The highest BCUT2D eigenvalue weighted by Crippen LogP contribution is 2.26. The van der Waals surface area contributed by atoms with Gasteiger partial charge in [-0.15, -0.1) is 0 Å².